The Kier molecular flexibility index (Phi) is 6.20. The molecule has 2 aromatic rings. The van der Waals surface area contributed by atoms with Gasteiger partial charge in [0.25, 0.3) is 0 Å². The topological polar surface area (TPSA) is 39.3 Å². The van der Waals surface area contributed by atoms with Gasteiger partial charge in [-0.1, -0.05) is 54.1 Å². The number of benzene rings is 2. The predicted octanol–water partition coefficient (Wildman–Crippen LogP) is 3.15. The normalized spacial score (nSPS) is 23.1. The smallest absolute Gasteiger partial charge is 0.0515 e. The summed E-state index contributed by atoms with van der Waals surface area (Å²) in [6.07, 6.45) is 2.72. The molecular weight excluding hydrogens is 332 g/mol. The van der Waals surface area contributed by atoms with Crippen molar-refractivity contribution < 1.29 is 0 Å². The Morgan fingerprint density at radius 2 is 1.67 bits per heavy atom. The van der Waals surface area contributed by atoms with E-state index < -0.39 is 0 Å². The third-order valence-corrected chi connectivity index (χ3v) is 5.89. The zero-order valence-electron chi connectivity index (χ0n) is 16.4. The van der Waals surface area contributed by atoms with Crippen molar-refractivity contribution in [3.63, 3.8) is 0 Å². The molecule has 0 amide bonds. The van der Waals surface area contributed by atoms with E-state index >= 15 is 0 Å². The first-order valence-corrected chi connectivity index (χ1v) is 10.3. The first-order valence-electron chi connectivity index (χ1n) is 10.3. The van der Waals surface area contributed by atoms with Gasteiger partial charge in [0.05, 0.1) is 6.04 Å². The van der Waals surface area contributed by atoms with Crippen molar-refractivity contribution in [3.05, 3.63) is 70.8 Å². The predicted molar refractivity (Wildman–Crippen MR) is 111 cm³/mol. The summed E-state index contributed by atoms with van der Waals surface area (Å²) < 4.78 is 0. The Hall–Kier alpha value is -1.72. The van der Waals surface area contributed by atoms with Gasteiger partial charge in [-0.2, -0.15) is 0 Å². The minimum absolute atomic E-state index is 0.376. The van der Waals surface area contributed by atoms with Crippen molar-refractivity contribution in [3.8, 4) is 0 Å². The van der Waals surface area contributed by atoms with E-state index in [-0.39, 0.29) is 0 Å². The summed E-state index contributed by atoms with van der Waals surface area (Å²) in [5.41, 5.74) is 12.2. The number of hydrazine groups is 1. The quantitative estimate of drug-likeness (QED) is 0.706. The van der Waals surface area contributed by atoms with Gasteiger partial charge in [-0.3, -0.25) is 10.3 Å². The number of nitrogens with zero attached hydrogens (tertiary/aromatic N) is 1. The van der Waals surface area contributed by atoms with Crippen LogP contribution >= 0.6 is 0 Å². The van der Waals surface area contributed by atoms with E-state index in [0.717, 1.165) is 26.2 Å². The van der Waals surface area contributed by atoms with Crippen molar-refractivity contribution in [2.75, 3.05) is 26.2 Å². The molecule has 2 unspecified atom stereocenters. The molecule has 144 valence electrons. The van der Waals surface area contributed by atoms with Gasteiger partial charge in [-0.15, -0.1) is 0 Å². The van der Waals surface area contributed by atoms with E-state index in [2.05, 4.69) is 76.5 Å². The minimum atomic E-state index is 0.376. The van der Waals surface area contributed by atoms with E-state index in [9.17, 15) is 0 Å². The van der Waals surface area contributed by atoms with Crippen LogP contribution in [0.3, 0.4) is 0 Å². The highest BCUT2D eigenvalue weighted by Gasteiger charge is 2.27. The standard InChI is InChI=1S/C23H32N4/c1-18-4-10-21(11-5-18)23-22(16-25-26-23)15-24-14-19-6-8-20(9-7-19)17-27-12-2-3-13-27/h4-11,22-26H,2-3,12-17H2,1H3. The molecule has 4 rings (SSSR count). The molecule has 2 aromatic carbocycles. The van der Waals surface area contributed by atoms with Crippen molar-refractivity contribution in [2.24, 2.45) is 5.92 Å². The molecule has 2 heterocycles. The van der Waals surface area contributed by atoms with Crippen molar-refractivity contribution in [1.82, 2.24) is 21.1 Å². The van der Waals surface area contributed by atoms with E-state index in [1.165, 1.54) is 48.2 Å². The second kappa shape index (κ2) is 8.98. The Labute approximate surface area is 163 Å². The number of hydrogen-bond donors (Lipinski definition) is 3. The molecule has 2 aliphatic rings. The molecule has 4 heteroatoms. The molecule has 27 heavy (non-hydrogen) atoms. The monoisotopic (exact) mass is 364 g/mol. The number of nitrogens with one attached hydrogen (secondary N) is 3. The lowest BCUT2D eigenvalue weighted by atomic mass is 9.94. The van der Waals surface area contributed by atoms with Crippen molar-refractivity contribution >= 4 is 0 Å². The molecular formula is C23H32N4. The lowest BCUT2D eigenvalue weighted by Crippen LogP contribution is -2.28. The molecule has 3 N–H and O–H groups in total. The number of rotatable bonds is 7. The third-order valence-electron chi connectivity index (χ3n) is 5.89. The fourth-order valence-corrected chi connectivity index (χ4v) is 4.22. The molecule has 2 fully saturated rings. The average molecular weight is 365 g/mol. The van der Waals surface area contributed by atoms with Crippen LogP contribution in [-0.4, -0.2) is 31.1 Å². The van der Waals surface area contributed by atoms with E-state index in [4.69, 9.17) is 0 Å². The summed E-state index contributed by atoms with van der Waals surface area (Å²) in [5, 5.41) is 3.66. The Balaban J connectivity index is 1.25. The third kappa shape index (κ3) is 4.96. The fourth-order valence-electron chi connectivity index (χ4n) is 4.22. The fraction of sp³-hybridized carbons (Fsp3) is 0.478. The van der Waals surface area contributed by atoms with Crippen LogP contribution in [0.15, 0.2) is 48.5 Å². The summed E-state index contributed by atoms with van der Waals surface area (Å²) in [5.74, 6) is 0.558. The maximum Gasteiger partial charge on any atom is 0.0515 e. The van der Waals surface area contributed by atoms with Crippen LogP contribution in [0.25, 0.3) is 0 Å². The zero-order chi connectivity index (χ0) is 18.5. The Morgan fingerprint density at radius 1 is 0.963 bits per heavy atom. The highest BCUT2D eigenvalue weighted by Crippen LogP contribution is 2.24. The summed E-state index contributed by atoms with van der Waals surface area (Å²) in [4.78, 5) is 2.55. The molecule has 0 spiro atoms. The van der Waals surface area contributed by atoms with Gasteiger partial charge in [0.2, 0.25) is 0 Å². The molecule has 0 aromatic heterocycles. The van der Waals surface area contributed by atoms with Gasteiger partial charge in [0.1, 0.15) is 0 Å². The van der Waals surface area contributed by atoms with Crippen LogP contribution in [0.2, 0.25) is 0 Å². The second-order valence-corrected chi connectivity index (χ2v) is 8.10. The molecule has 0 aliphatic carbocycles. The summed E-state index contributed by atoms with van der Waals surface area (Å²) in [6, 6.07) is 18.4. The van der Waals surface area contributed by atoms with Crippen LogP contribution in [0.1, 0.15) is 41.1 Å². The average Bonchev–Trinajstić information content (AvgIpc) is 3.36. The van der Waals surface area contributed by atoms with Crippen LogP contribution in [0.4, 0.5) is 0 Å². The first kappa shape index (κ1) is 18.6. The second-order valence-electron chi connectivity index (χ2n) is 8.10. The minimum Gasteiger partial charge on any atom is -0.312 e. The lowest BCUT2D eigenvalue weighted by molar-refractivity contribution is 0.331. The molecule has 0 bridgehead atoms. The Morgan fingerprint density at radius 3 is 2.41 bits per heavy atom. The molecule has 2 saturated heterocycles. The first-order chi connectivity index (χ1) is 13.3. The molecule has 2 atom stereocenters. The summed E-state index contributed by atoms with van der Waals surface area (Å²) in [6.45, 7) is 8.70. The van der Waals surface area contributed by atoms with E-state index in [1.54, 1.807) is 0 Å². The van der Waals surface area contributed by atoms with E-state index in [0.29, 0.717) is 12.0 Å². The number of aryl methyl sites for hydroxylation is 1. The number of hydrogen-bond acceptors (Lipinski definition) is 4. The van der Waals surface area contributed by atoms with Gasteiger partial charge < -0.3 is 5.32 Å². The number of likely N-dealkylation sites (tertiary alicyclic amines) is 1. The van der Waals surface area contributed by atoms with E-state index in [1.807, 2.05) is 0 Å². The summed E-state index contributed by atoms with van der Waals surface area (Å²) >= 11 is 0. The molecule has 0 radical (unpaired) electrons. The molecule has 2 aliphatic heterocycles. The van der Waals surface area contributed by atoms with Crippen molar-refractivity contribution in [1.29, 1.82) is 0 Å². The lowest BCUT2D eigenvalue weighted by Gasteiger charge is -2.19. The molecule has 4 nitrogen and oxygen atoms in total. The van der Waals surface area contributed by atoms with Crippen LogP contribution < -0.4 is 16.2 Å². The molecule has 0 saturated carbocycles. The maximum atomic E-state index is 3.66. The van der Waals surface area contributed by atoms with Gasteiger partial charge in [-0.05, 0) is 49.5 Å². The maximum absolute atomic E-state index is 3.66. The largest absolute Gasteiger partial charge is 0.312 e. The van der Waals surface area contributed by atoms with Crippen molar-refractivity contribution in [2.45, 2.75) is 38.9 Å². The van der Waals surface area contributed by atoms with Crippen LogP contribution in [0, 0.1) is 12.8 Å². The highest BCUT2D eigenvalue weighted by molar-refractivity contribution is 5.26. The Bertz CT molecular complexity index is 704. The van der Waals surface area contributed by atoms with Crippen LogP contribution in [-0.2, 0) is 13.1 Å². The van der Waals surface area contributed by atoms with Gasteiger partial charge in [0.15, 0.2) is 0 Å². The zero-order valence-corrected chi connectivity index (χ0v) is 16.4. The van der Waals surface area contributed by atoms with Gasteiger partial charge in [-0.25, -0.2) is 5.43 Å². The highest BCUT2D eigenvalue weighted by atomic mass is 15.4. The van der Waals surface area contributed by atoms with Crippen LogP contribution in [0.5, 0.6) is 0 Å². The van der Waals surface area contributed by atoms with Gasteiger partial charge >= 0.3 is 0 Å². The summed E-state index contributed by atoms with van der Waals surface area (Å²) in [7, 11) is 0. The SMILES string of the molecule is Cc1ccc(C2NNCC2CNCc2ccc(CN3CCCC3)cc2)cc1. The van der Waals surface area contributed by atoms with Gasteiger partial charge in [0, 0.05) is 32.1 Å².